The van der Waals surface area contributed by atoms with Gasteiger partial charge in [-0.15, -0.1) is 11.3 Å². The quantitative estimate of drug-likeness (QED) is 0.549. The van der Waals surface area contributed by atoms with Crippen molar-refractivity contribution in [2.75, 3.05) is 13.2 Å². The summed E-state index contributed by atoms with van der Waals surface area (Å²) in [6.45, 7) is 5.10. The zero-order valence-corrected chi connectivity index (χ0v) is 16.0. The Morgan fingerprint density at radius 1 is 1.07 bits per heavy atom. The van der Waals surface area contributed by atoms with Crippen LogP contribution in [0.2, 0.25) is 0 Å². The zero-order valence-electron chi connectivity index (χ0n) is 15.2. The molecule has 1 N–H and O–H groups in total. The lowest BCUT2D eigenvalue weighted by molar-refractivity contribution is 0.0691. The maximum Gasteiger partial charge on any atom is 0.355 e. The molecule has 140 valence electrons. The number of hydrogen-bond donors (Lipinski definition) is 1. The molecule has 27 heavy (non-hydrogen) atoms. The van der Waals surface area contributed by atoms with Gasteiger partial charge in [-0.25, -0.2) is 9.78 Å². The molecule has 0 fully saturated rings. The fourth-order valence-corrected chi connectivity index (χ4v) is 3.35. The molecule has 6 heteroatoms. The molecule has 0 aliphatic rings. The highest BCUT2D eigenvalue weighted by molar-refractivity contribution is 7.13. The average molecular weight is 383 g/mol. The highest BCUT2D eigenvalue weighted by atomic mass is 32.1. The van der Waals surface area contributed by atoms with Crippen molar-refractivity contribution in [3.63, 3.8) is 0 Å². The van der Waals surface area contributed by atoms with Gasteiger partial charge in [0.1, 0.15) is 29.7 Å². The Balaban J connectivity index is 1.59. The fraction of sp³-hybridized carbons (Fsp3) is 0.238. The van der Waals surface area contributed by atoms with E-state index in [-0.39, 0.29) is 5.69 Å². The summed E-state index contributed by atoms with van der Waals surface area (Å²) in [4.78, 5) is 15.2. The van der Waals surface area contributed by atoms with Gasteiger partial charge in [-0.2, -0.15) is 0 Å². The van der Waals surface area contributed by atoms with Crippen LogP contribution < -0.4 is 9.47 Å². The third-order valence-corrected chi connectivity index (χ3v) is 4.87. The topological polar surface area (TPSA) is 68.7 Å². The predicted octanol–water partition coefficient (Wildman–Crippen LogP) is 5.09. The van der Waals surface area contributed by atoms with Gasteiger partial charge in [0, 0.05) is 5.38 Å². The van der Waals surface area contributed by atoms with E-state index >= 15 is 0 Å². The summed E-state index contributed by atoms with van der Waals surface area (Å²) in [6, 6.07) is 15.5. The highest BCUT2D eigenvalue weighted by Crippen LogP contribution is 2.32. The minimum Gasteiger partial charge on any atom is -0.490 e. The van der Waals surface area contributed by atoms with Crippen molar-refractivity contribution in [3.05, 3.63) is 65.2 Å². The van der Waals surface area contributed by atoms with Crippen LogP contribution in [-0.2, 0) is 0 Å². The molecule has 3 aromatic rings. The van der Waals surface area contributed by atoms with Gasteiger partial charge in [-0.1, -0.05) is 38.1 Å². The van der Waals surface area contributed by atoms with Gasteiger partial charge in [0.2, 0.25) is 0 Å². The minimum atomic E-state index is -1.03. The van der Waals surface area contributed by atoms with E-state index in [0.29, 0.717) is 29.9 Å². The molecule has 1 aromatic heterocycles. The molecule has 0 bridgehead atoms. The number of ether oxygens (including phenoxy) is 2. The van der Waals surface area contributed by atoms with E-state index < -0.39 is 5.97 Å². The first-order valence-corrected chi connectivity index (χ1v) is 9.56. The average Bonchev–Trinajstić information content (AvgIpc) is 3.16. The number of rotatable bonds is 8. The molecule has 0 atom stereocenters. The molecule has 0 unspecified atom stereocenters. The van der Waals surface area contributed by atoms with Crippen LogP contribution in [0.3, 0.4) is 0 Å². The van der Waals surface area contributed by atoms with Crippen molar-refractivity contribution >= 4 is 17.3 Å². The normalized spacial score (nSPS) is 10.8. The first-order valence-electron chi connectivity index (χ1n) is 8.68. The molecular formula is C21H21NO4S. The van der Waals surface area contributed by atoms with Crippen LogP contribution in [0.1, 0.15) is 35.8 Å². The molecule has 0 aliphatic carbocycles. The predicted molar refractivity (Wildman–Crippen MR) is 106 cm³/mol. The lowest BCUT2D eigenvalue weighted by Crippen LogP contribution is -2.09. The number of benzene rings is 2. The summed E-state index contributed by atoms with van der Waals surface area (Å²) in [6.07, 6.45) is 0. The SMILES string of the molecule is CC(C)c1ccc(OCCOc2ccccc2-c2nc(C(=O)O)cs2)cc1. The number of carboxylic acid groups (broad SMARTS) is 1. The van der Waals surface area contributed by atoms with E-state index in [4.69, 9.17) is 14.6 Å². The van der Waals surface area contributed by atoms with Gasteiger partial charge >= 0.3 is 5.97 Å². The summed E-state index contributed by atoms with van der Waals surface area (Å²) >= 11 is 1.28. The number of thiazole rings is 1. The maximum atomic E-state index is 11.0. The molecular weight excluding hydrogens is 362 g/mol. The summed E-state index contributed by atoms with van der Waals surface area (Å²) in [7, 11) is 0. The van der Waals surface area contributed by atoms with Crippen molar-refractivity contribution < 1.29 is 19.4 Å². The fourth-order valence-electron chi connectivity index (χ4n) is 2.52. The Bertz CT molecular complexity index is 903. The van der Waals surface area contributed by atoms with Gasteiger partial charge in [0.05, 0.1) is 5.56 Å². The third kappa shape index (κ3) is 4.86. The maximum absolute atomic E-state index is 11.0. The van der Waals surface area contributed by atoms with Gasteiger partial charge in [-0.05, 0) is 35.7 Å². The van der Waals surface area contributed by atoms with Crippen molar-refractivity contribution in [3.8, 4) is 22.1 Å². The minimum absolute atomic E-state index is 0.0398. The lowest BCUT2D eigenvalue weighted by Gasteiger charge is -2.12. The summed E-state index contributed by atoms with van der Waals surface area (Å²) in [5, 5.41) is 11.2. The number of aromatic carboxylic acids is 1. The van der Waals surface area contributed by atoms with Crippen LogP contribution in [0, 0.1) is 0 Å². The van der Waals surface area contributed by atoms with E-state index in [2.05, 4.69) is 31.0 Å². The van der Waals surface area contributed by atoms with Gasteiger partial charge in [-0.3, -0.25) is 0 Å². The Kier molecular flexibility index (Phi) is 6.08. The lowest BCUT2D eigenvalue weighted by atomic mass is 10.0. The smallest absolute Gasteiger partial charge is 0.355 e. The molecule has 0 saturated heterocycles. The Hall–Kier alpha value is -2.86. The van der Waals surface area contributed by atoms with E-state index in [1.165, 1.54) is 22.3 Å². The molecule has 0 amide bonds. The number of para-hydroxylation sites is 1. The number of nitrogens with zero attached hydrogens (tertiary/aromatic N) is 1. The van der Waals surface area contributed by atoms with Gasteiger partial charge < -0.3 is 14.6 Å². The molecule has 0 aliphatic heterocycles. The number of hydrogen-bond acceptors (Lipinski definition) is 5. The molecule has 2 aromatic carbocycles. The second kappa shape index (κ2) is 8.68. The monoisotopic (exact) mass is 383 g/mol. The second-order valence-corrected chi connectivity index (χ2v) is 7.12. The number of aromatic nitrogens is 1. The van der Waals surface area contributed by atoms with E-state index in [1.807, 2.05) is 36.4 Å². The van der Waals surface area contributed by atoms with Crippen molar-refractivity contribution in [1.82, 2.24) is 4.98 Å². The van der Waals surface area contributed by atoms with Crippen LogP contribution >= 0.6 is 11.3 Å². The Morgan fingerprint density at radius 2 is 1.78 bits per heavy atom. The Morgan fingerprint density at radius 3 is 2.44 bits per heavy atom. The van der Waals surface area contributed by atoms with E-state index in [9.17, 15) is 4.79 Å². The number of carbonyl (C=O) groups is 1. The van der Waals surface area contributed by atoms with Crippen LogP contribution in [0.5, 0.6) is 11.5 Å². The first-order chi connectivity index (χ1) is 13.0. The molecule has 0 radical (unpaired) electrons. The van der Waals surface area contributed by atoms with Gasteiger partial charge in [0.15, 0.2) is 5.69 Å². The van der Waals surface area contributed by atoms with Gasteiger partial charge in [0.25, 0.3) is 0 Å². The molecule has 3 rings (SSSR count). The zero-order chi connectivity index (χ0) is 19.2. The highest BCUT2D eigenvalue weighted by Gasteiger charge is 2.13. The third-order valence-electron chi connectivity index (χ3n) is 4.00. The first kappa shape index (κ1) is 18.9. The standard InChI is InChI=1S/C21H21NO4S/c1-14(2)15-7-9-16(10-8-15)25-11-12-26-19-6-4-3-5-17(19)20-22-18(13-27-20)21(23)24/h3-10,13-14H,11-12H2,1-2H3,(H,23,24). The second-order valence-electron chi connectivity index (χ2n) is 6.26. The van der Waals surface area contributed by atoms with Crippen LogP contribution in [0.15, 0.2) is 53.9 Å². The van der Waals surface area contributed by atoms with Crippen LogP contribution in [0.25, 0.3) is 10.6 Å². The summed E-state index contributed by atoms with van der Waals surface area (Å²) < 4.78 is 11.6. The van der Waals surface area contributed by atoms with E-state index in [0.717, 1.165) is 11.3 Å². The van der Waals surface area contributed by atoms with Crippen LogP contribution in [-0.4, -0.2) is 29.3 Å². The summed E-state index contributed by atoms with van der Waals surface area (Å²) in [5.41, 5.74) is 2.09. The number of carboxylic acids is 1. The van der Waals surface area contributed by atoms with Crippen molar-refractivity contribution in [2.45, 2.75) is 19.8 Å². The van der Waals surface area contributed by atoms with Crippen molar-refractivity contribution in [1.29, 1.82) is 0 Å². The summed E-state index contributed by atoms with van der Waals surface area (Å²) in [5.74, 6) is 0.920. The molecule has 1 heterocycles. The Labute approximate surface area is 162 Å². The molecule has 0 saturated carbocycles. The molecule has 0 spiro atoms. The van der Waals surface area contributed by atoms with E-state index in [1.54, 1.807) is 0 Å². The largest absolute Gasteiger partial charge is 0.490 e. The van der Waals surface area contributed by atoms with Crippen molar-refractivity contribution in [2.24, 2.45) is 0 Å². The molecule has 5 nitrogen and oxygen atoms in total. The van der Waals surface area contributed by atoms with Crippen LogP contribution in [0.4, 0.5) is 0 Å².